The van der Waals surface area contributed by atoms with Crippen LogP contribution in [-0.4, -0.2) is 15.0 Å². The predicted molar refractivity (Wildman–Crippen MR) is 70.2 cm³/mol. The molecule has 0 fully saturated rings. The van der Waals surface area contributed by atoms with Crippen LogP contribution in [0.4, 0.5) is 0 Å². The molecular formula is C13H9N3S. The van der Waals surface area contributed by atoms with Crippen LogP contribution in [0.2, 0.25) is 0 Å². The number of hydrogen-bond donors (Lipinski definition) is 1. The van der Waals surface area contributed by atoms with Gasteiger partial charge in [0.1, 0.15) is 10.3 Å². The van der Waals surface area contributed by atoms with Gasteiger partial charge in [0.25, 0.3) is 0 Å². The Morgan fingerprint density at radius 2 is 1.88 bits per heavy atom. The molecule has 4 heteroatoms. The lowest BCUT2D eigenvalue weighted by molar-refractivity contribution is 1.14. The van der Waals surface area contributed by atoms with Crippen molar-refractivity contribution in [2.75, 3.05) is 0 Å². The molecule has 82 valence electrons. The van der Waals surface area contributed by atoms with Crippen molar-refractivity contribution in [3.05, 3.63) is 53.3 Å². The Labute approximate surface area is 103 Å². The summed E-state index contributed by atoms with van der Waals surface area (Å²) in [4.78, 5) is 11.8. The third kappa shape index (κ3) is 1.94. The van der Waals surface area contributed by atoms with Gasteiger partial charge in [-0.2, -0.15) is 0 Å². The Kier molecular flexibility index (Phi) is 2.42. The quantitative estimate of drug-likeness (QED) is 0.662. The molecule has 3 nitrogen and oxygen atoms in total. The maximum atomic E-state index is 5.07. The van der Waals surface area contributed by atoms with Gasteiger partial charge in [-0.1, -0.05) is 36.5 Å². The molecule has 2 aromatic heterocycles. The van der Waals surface area contributed by atoms with Crippen molar-refractivity contribution >= 4 is 23.1 Å². The number of benzene rings is 1. The SMILES string of the molecule is S=c1ccnc(-c2ccc3ccccc3n2)[nH]1. The number of nitrogens with one attached hydrogen (secondary N) is 1. The summed E-state index contributed by atoms with van der Waals surface area (Å²) in [5, 5.41) is 1.12. The number of hydrogen-bond acceptors (Lipinski definition) is 3. The van der Waals surface area contributed by atoms with Crippen molar-refractivity contribution < 1.29 is 0 Å². The average Bonchev–Trinajstić information content (AvgIpc) is 2.38. The van der Waals surface area contributed by atoms with Crippen LogP contribution in [0.25, 0.3) is 22.4 Å². The second-order valence-electron chi connectivity index (χ2n) is 3.67. The van der Waals surface area contributed by atoms with Crippen molar-refractivity contribution in [2.45, 2.75) is 0 Å². The molecule has 0 saturated carbocycles. The molecule has 1 aromatic carbocycles. The monoisotopic (exact) mass is 239 g/mol. The Morgan fingerprint density at radius 1 is 1.00 bits per heavy atom. The Hall–Kier alpha value is -2.07. The summed E-state index contributed by atoms with van der Waals surface area (Å²) < 4.78 is 0.657. The second kappa shape index (κ2) is 4.07. The highest BCUT2D eigenvalue weighted by Gasteiger charge is 2.02. The summed E-state index contributed by atoms with van der Waals surface area (Å²) in [6, 6.07) is 13.7. The number of pyridine rings is 1. The van der Waals surface area contributed by atoms with Gasteiger partial charge in [-0.05, 0) is 18.2 Å². The molecule has 0 aliphatic rings. The molecule has 2 heterocycles. The second-order valence-corrected chi connectivity index (χ2v) is 4.11. The molecule has 1 N–H and O–H groups in total. The van der Waals surface area contributed by atoms with Gasteiger partial charge in [0.15, 0.2) is 5.82 Å². The average molecular weight is 239 g/mol. The van der Waals surface area contributed by atoms with E-state index in [4.69, 9.17) is 12.2 Å². The van der Waals surface area contributed by atoms with Crippen LogP contribution >= 0.6 is 12.2 Å². The maximum Gasteiger partial charge on any atom is 0.156 e. The predicted octanol–water partition coefficient (Wildman–Crippen LogP) is 3.35. The fraction of sp³-hybridized carbons (Fsp3) is 0. The minimum absolute atomic E-state index is 0.657. The highest BCUT2D eigenvalue weighted by atomic mass is 32.1. The molecule has 0 aliphatic carbocycles. The molecular weight excluding hydrogens is 230 g/mol. The highest BCUT2D eigenvalue weighted by molar-refractivity contribution is 7.71. The van der Waals surface area contributed by atoms with Crippen molar-refractivity contribution in [2.24, 2.45) is 0 Å². The summed E-state index contributed by atoms with van der Waals surface area (Å²) in [7, 11) is 0. The van der Waals surface area contributed by atoms with Crippen LogP contribution < -0.4 is 0 Å². The molecule has 0 radical (unpaired) electrons. The summed E-state index contributed by atoms with van der Waals surface area (Å²) in [5.74, 6) is 0.697. The van der Waals surface area contributed by atoms with E-state index in [2.05, 4.69) is 15.0 Å². The zero-order valence-electron chi connectivity index (χ0n) is 8.92. The van der Waals surface area contributed by atoms with Crippen LogP contribution in [-0.2, 0) is 0 Å². The first kappa shape index (κ1) is 10.1. The lowest BCUT2D eigenvalue weighted by Crippen LogP contribution is -1.91. The Bertz CT molecular complexity index is 734. The first-order valence-electron chi connectivity index (χ1n) is 5.24. The number of para-hydroxylation sites is 1. The van der Waals surface area contributed by atoms with Gasteiger partial charge in [-0.25, -0.2) is 9.97 Å². The lowest BCUT2D eigenvalue weighted by atomic mass is 10.2. The van der Waals surface area contributed by atoms with Crippen molar-refractivity contribution in [1.29, 1.82) is 0 Å². The fourth-order valence-corrected chi connectivity index (χ4v) is 1.86. The molecule has 0 bridgehead atoms. The third-order valence-electron chi connectivity index (χ3n) is 2.51. The van der Waals surface area contributed by atoms with E-state index in [1.807, 2.05) is 36.4 Å². The standard InChI is InChI=1S/C13H9N3S/c17-12-7-8-14-13(16-12)11-6-5-9-3-1-2-4-10(9)15-11/h1-8H,(H,14,16,17). The Morgan fingerprint density at radius 3 is 2.76 bits per heavy atom. The number of aromatic nitrogens is 3. The van der Waals surface area contributed by atoms with Gasteiger partial charge in [-0.3, -0.25) is 0 Å². The zero-order valence-corrected chi connectivity index (χ0v) is 9.74. The van der Waals surface area contributed by atoms with Gasteiger partial charge in [0, 0.05) is 11.6 Å². The summed E-state index contributed by atoms with van der Waals surface area (Å²) in [5.41, 5.74) is 1.75. The fourth-order valence-electron chi connectivity index (χ4n) is 1.70. The third-order valence-corrected chi connectivity index (χ3v) is 2.75. The minimum atomic E-state index is 0.657. The lowest BCUT2D eigenvalue weighted by Gasteiger charge is -2.02. The van der Waals surface area contributed by atoms with Crippen LogP contribution in [0.1, 0.15) is 0 Å². The highest BCUT2D eigenvalue weighted by Crippen LogP contribution is 2.17. The number of nitrogens with zero attached hydrogens (tertiary/aromatic N) is 2. The number of rotatable bonds is 1. The number of aromatic amines is 1. The van der Waals surface area contributed by atoms with Gasteiger partial charge < -0.3 is 4.98 Å². The molecule has 3 rings (SSSR count). The van der Waals surface area contributed by atoms with Gasteiger partial charge in [0.05, 0.1) is 5.52 Å². The Balaban J connectivity index is 2.21. The number of H-pyrrole nitrogens is 1. The first-order chi connectivity index (χ1) is 8.33. The summed E-state index contributed by atoms with van der Waals surface area (Å²) in [6.45, 7) is 0. The molecule has 0 spiro atoms. The van der Waals surface area contributed by atoms with E-state index in [1.54, 1.807) is 12.3 Å². The summed E-state index contributed by atoms with van der Waals surface area (Å²) in [6.07, 6.45) is 1.69. The van der Waals surface area contributed by atoms with Crippen LogP contribution in [0.5, 0.6) is 0 Å². The van der Waals surface area contributed by atoms with E-state index in [0.717, 1.165) is 16.6 Å². The zero-order chi connectivity index (χ0) is 11.7. The smallest absolute Gasteiger partial charge is 0.156 e. The van der Waals surface area contributed by atoms with E-state index in [-0.39, 0.29) is 0 Å². The minimum Gasteiger partial charge on any atom is -0.329 e. The van der Waals surface area contributed by atoms with Gasteiger partial charge in [-0.15, -0.1) is 0 Å². The topological polar surface area (TPSA) is 41.6 Å². The molecule has 0 aliphatic heterocycles. The number of fused-ring (bicyclic) bond motifs is 1. The van der Waals surface area contributed by atoms with E-state index in [1.165, 1.54) is 0 Å². The molecule has 0 unspecified atom stereocenters. The summed E-state index contributed by atoms with van der Waals surface area (Å²) >= 11 is 5.07. The van der Waals surface area contributed by atoms with Gasteiger partial charge in [0.2, 0.25) is 0 Å². The first-order valence-corrected chi connectivity index (χ1v) is 5.65. The van der Waals surface area contributed by atoms with Crippen molar-refractivity contribution in [3.63, 3.8) is 0 Å². The normalized spacial score (nSPS) is 10.6. The molecule has 0 amide bonds. The van der Waals surface area contributed by atoms with E-state index >= 15 is 0 Å². The van der Waals surface area contributed by atoms with Crippen molar-refractivity contribution in [1.82, 2.24) is 15.0 Å². The van der Waals surface area contributed by atoms with Crippen LogP contribution in [0.3, 0.4) is 0 Å². The van der Waals surface area contributed by atoms with Gasteiger partial charge >= 0.3 is 0 Å². The molecule has 0 atom stereocenters. The largest absolute Gasteiger partial charge is 0.329 e. The van der Waals surface area contributed by atoms with E-state index in [9.17, 15) is 0 Å². The molecule has 3 aromatic rings. The molecule has 17 heavy (non-hydrogen) atoms. The molecule has 0 saturated heterocycles. The maximum absolute atomic E-state index is 5.07. The van der Waals surface area contributed by atoms with Crippen molar-refractivity contribution in [3.8, 4) is 11.5 Å². The van der Waals surface area contributed by atoms with E-state index < -0.39 is 0 Å². The van der Waals surface area contributed by atoms with Crippen LogP contribution in [0, 0.1) is 4.64 Å². The van der Waals surface area contributed by atoms with Crippen LogP contribution in [0.15, 0.2) is 48.7 Å². The van der Waals surface area contributed by atoms with E-state index in [0.29, 0.717) is 10.5 Å².